The van der Waals surface area contributed by atoms with Gasteiger partial charge < -0.3 is 9.05 Å². The summed E-state index contributed by atoms with van der Waals surface area (Å²) in [5, 5.41) is 0. The second kappa shape index (κ2) is 10.6. The molecule has 34 heavy (non-hydrogen) atoms. The molecule has 1 N–H and O–H groups in total. The highest BCUT2D eigenvalue weighted by atomic mass is 79.9. The SMILES string of the molecule is O=P(Oc1ccccc1)(Oc1ccccc1)C(NS(=O)(=O)c1ccccc1)c1ccc(Br)cc1. The van der Waals surface area contributed by atoms with E-state index < -0.39 is 23.4 Å². The molecule has 0 aliphatic carbocycles. The molecule has 4 aromatic carbocycles. The fraction of sp³-hybridized carbons (Fsp3) is 0.0400. The van der Waals surface area contributed by atoms with Crippen LogP contribution in [0, 0.1) is 0 Å². The normalized spacial score (nSPS) is 12.6. The van der Waals surface area contributed by atoms with Crippen LogP contribution in [0.1, 0.15) is 11.3 Å². The quantitative estimate of drug-likeness (QED) is 0.229. The molecule has 0 radical (unpaired) electrons. The van der Waals surface area contributed by atoms with Gasteiger partial charge in [-0.3, -0.25) is 0 Å². The largest absolute Gasteiger partial charge is 0.453 e. The first-order valence-corrected chi connectivity index (χ1v) is 14.2. The maximum absolute atomic E-state index is 14.5. The lowest BCUT2D eigenvalue weighted by molar-refractivity contribution is 0.368. The number of benzene rings is 4. The number of sulfonamides is 1. The minimum atomic E-state index is -4.23. The Hall–Kier alpha value is -2.90. The molecule has 0 amide bonds. The number of para-hydroxylation sites is 2. The highest BCUT2D eigenvalue weighted by Gasteiger charge is 2.43. The van der Waals surface area contributed by atoms with Gasteiger partial charge in [0.2, 0.25) is 10.0 Å². The van der Waals surface area contributed by atoms with E-state index in [4.69, 9.17) is 9.05 Å². The zero-order chi connectivity index (χ0) is 24.0. The van der Waals surface area contributed by atoms with Crippen LogP contribution in [0.2, 0.25) is 0 Å². The van der Waals surface area contributed by atoms with Crippen molar-refractivity contribution in [1.29, 1.82) is 0 Å². The molecule has 6 nitrogen and oxygen atoms in total. The van der Waals surface area contributed by atoms with Crippen LogP contribution in [0.3, 0.4) is 0 Å². The number of hydrogen-bond acceptors (Lipinski definition) is 5. The number of rotatable bonds is 9. The Bertz CT molecular complexity index is 1320. The molecule has 0 heterocycles. The molecule has 0 fully saturated rings. The first-order chi connectivity index (χ1) is 16.4. The first kappa shape index (κ1) is 24.2. The van der Waals surface area contributed by atoms with E-state index in [-0.39, 0.29) is 16.4 Å². The molecular formula is C25H21BrNO5PS. The van der Waals surface area contributed by atoms with Gasteiger partial charge >= 0.3 is 7.60 Å². The monoisotopic (exact) mass is 557 g/mol. The average molecular weight is 558 g/mol. The van der Waals surface area contributed by atoms with Crippen LogP contribution >= 0.6 is 23.5 Å². The topological polar surface area (TPSA) is 81.7 Å². The van der Waals surface area contributed by atoms with Gasteiger partial charge in [0.25, 0.3) is 0 Å². The van der Waals surface area contributed by atoms with E-state index in [1.165, 1.54) is 12.1 Å². The van der Waals surface area contributed by atoms with Gasteiger partial charge in [0, 0.05) is 4.47 Å². The second-order valence-corrected chi connectivity index (χ2v) is 11.8. The van der Waals surface area contributed by atoms with Crippen molar-refractivity contribution in [3.8, 4) is 11.5 Å². The standard InChI is InChI=1S/C25H21BrNO5PS/c26-21-18-16-20(17-19-21)25(27-34(29,30)24-14-8-3-9-15-24)33(28,31-22-10-4-1-5-11-22)32-23-12-6-2-7-13-23/h1-19,25,27H. The molecule has 4 aromatic rings. The Kier molecular flexibility index (Phi) is 7.54. The summed E-state index contributed by atoms with van der Waals surface area (Å²) in [5.74, 6) is -0.781. The molecule has 9 heteroatoms. The molecule has 0 bridgehead atoms. The van der Waals surface area contributed by atoms with Gasteiger partial charge in [-0.1, -0.05) is 82.7 Å². The van der Waals surface area contributed by atoms with E-state index in [1.54, 1.807) is 103 Å². The lowest BCUT2D eigenvalue weighted by Gasteiger charge is -2.28. The Labute approximate surface area is 207 Å². The molecular weight excluding hydrogens is 537 g/mol. The maximum Gasteiger partial charge on any atom is 0.453 e. The van der Waals surface area contributed by atoms with Crippen molar-refractivity contribution in [2.45, 2.75) is 10.7 Å². The third-order valence-electron chi connectivity index (χ3n) is 4.77. The van der Waals surface area contributed by atoms with E-state index >= 15 is 0 Å². The Balaban J connectivity index is 1.83. The predicted octanol–water partition coefficient (Wildman–Crippen LogP) is 6.78. The van der Waals surface area contributed by atoms with Gasteiger partial charge in [0.15, 0.2) is 5.78 Å². The Morgan fingerprint density at radius 2 is 1.12 bits per heavy atom. The van der Waals surface area contributed by atoms with Crippen LogP contribution in [-0.2, 0) is 14.6 Å². The smallest absolute Gasteiger partial charge is 0.415 e. The fourth-order valence-electron chi connectivity index (χ4n) is 3.16. The van der Waals surface area contributed by atoms with Gasteiger partial charge in [0.05, 0.1) is 4.90 Å². The van der Waals surface area contributed by atoms with Crippen molar-refractivity contribution in [3.63, 3.8) is 0 Å². The summed E-state index contributed by atoms with van der Waals surface area (Å²) in [4.78, 5) is 0.0306. The highest BCUT2D eigenvalue weighted by Crippen LogP contribution is 2.59. The van der Waals surface area contributed by atoms with Gasteiger partial charge in [-0.2, -0.15) is 4.72 Å². The molecule has 1 atom stereocenters. The number of nitrogens with one attached hydrogen (secondary N) is 1. The van der Waals surface area contributed by atoms with Crippen LogP contribution in [0.15, 0.2) is 125 Å². The van der Waals surface area contributed by atoms with E-state index in [1.807, 2.05) is 0 Å². The van der Waals surface area contributed by atoms with Gasteiger partial charge in [-0.15, -0.1) is 0 Å². The second-order valence-electron chi connectivity index (χ2n) is 7.24. The van der Waals surface area contributed by atoms with Crippen LogP contribution in [0.5, 0.6) is 11.5 Å². The van der Waals surface area contributed by atoms with Crippen molar-refractivity contribution < 1.29 is 22.0 Å². The average Bonchev–Trinajstić information content (AvgIpc) is 2.85. The fourth-order valence-corrected chi connectivity index (χ4v) is 7.05. The summed E-state index contributed by atoms with van der Waals surface area (Å²) >= 11 is 3.38. The van der Waals surface area contributed by atoms with Crippen LogP contribution in [-0.4, -0.2) is 8.42 Å². The molecule has 4 rings (SSSR count). The number of halogens is 1. The summed E-state index contributed by atoms with van der Waals surface area (Å²) in [5.41, 5.74) is 0.415. The van der Waals surface area contributed by atoms with Gasteiger partial charge in [-0.25, -0.2) is 13.0 Å². The minimum Gasteiger partial charge on any atom is -0.415 e. The Morgan fingerprint density at radius 3 is 1.59 bits per heavy atom. The first-order valence-electron chi connectivity index (χ1n) is 10.3. The van der Waals surface area contributed by atoms with Gasteiger partial charge in [-0.05, 0) is 54.1 Å². The molecule has 1 unspecified atom stereocenters. The van der Waals surface area contributed by atoms with E-state index in [9.17, 15) is 13.0 Å². The maximum atomic E-state index is 14.5. The third-order valence-corrected chi connectivity index (χ3v) is 8.91. The lowest BCUT2D eigenvalue weighted by Crippen LogP contribution is -2.31. The van der Waals surface area contributed by atoms with E-state index in [2.05, 4.69) is 20.7 Å². The third kappa shape index (κ3) is 5.96. The summed E-state index contributed by atoms with van der Waals surface area (Å²) in [7, 11) is -8.31. The van der Waals surface area contributed by atoms with E-state index in [0.717, 1.165) is 4.47 Å². The van der Waals surface area contributed by atoms with E-state index in [0.29, 0.717) is 5.56 Å². The molecule has 0 aliphatic heterocycles. The molecule has 0 aromatic heterocycles. The Morgan fingerprint density at radius 1 is 0.676 bits per heavy atom. The molecule has 174 valence electrons. The van der Waals surface area contributed by atoms with Crippen LogP contribution in [0.25, 0.3) is 0 Å². The molecule has 0 saturated heterocycles. The van der Waals surface area contributed by atoms with Crippen LogP contribution < -0.4 is 13.8 Å². The van der Waals surface area contributed by atoms with Crippen molar-refractivity contribution in [1.82, 2.24) is 4.72 Å². The molecule has 0 saturated carbocycles. The number of hydrogen-bond donors (Lipinski definition) is 1. The lowest BCUT2D eigenvalue weighted by atomic mass is 10.2. The summed E-state index contributed by atoms with van der Waals surface area (Å²) < 4.78 is 56.2. The summed E-state index contributed by atoms with van der Waals surface area (Å²) in [6.07, 6.45) is 0. The van der Waals surface area contributed by atoms with Crippen molar-refractivity contribution in [2.75, 3.05) is 0 Å². The molecule has 0 spiro atoms. The van der Waals surface area contributed by atoms with Crippen molar-refractivity contribution in [2.24, 2.45) is 0 Å². The predicted molar refractivity (Wildman–Crippen MR) is 135 cm³/mol. The van der Waals surface area contributed by atoms with Gasteiger partial charge in [0.1, 0.15) is 11.5 Å². The van der Waals surface area contributed by atoms with Crippen LogP contribution in [0.4, 0.5) is 0 Å². The highest BCUT2D eigenvalue weighted by molar-refractivity contribution is 9.10. The minimum absolute atomic E-state index is 0.0306. The summed E-state index contributed by atoms with van der Waals surface area (Å²) in [6, 6.07) is 31.7. The zero-order valence-corrected chi connectivity index (χ0v) is 21.1. The van der Waals surface area contributed by atoms with Crippen molar-refractivity contribution in [3.05, 3.63) is 125 Å². The van der Waals surface area contributed by atoms with Crippen molar-refractivity contribution >= 4 is 33.5 Å². The zero-order valence-electron chi connectivity index (χ0n) is 17.8. The summed E-state index contributed by atoms with van der Waals surface area (Å²) in [6.45, 7) is 0. The molecule has 0 aliphatic rings.